The molecule has 1 aromatic carbocycles. The number of benzene rings is 1. The summed E-state index contributed by atoms with van der Waals surface area (Å²) in [7, 11) is 0. The molecule has 0 aliphatic carbocycles. The summed E-state index contributed by atoms with van der Waals surface area (Å²) in [4.78, 5) is 0. The molecule has 0 saturated carbocycles. The van der Waals surface area contributed by atoms with Crippen LogP contribution in [0, 0.1) is 13.8 Å². The van der Waals surface area contributed by atoms with Crippen LogP contribution in [-0.4, -0.2) is 5.11 Å². The molecule has 0 radical (unpaired) electrons. The van der Waals surface area contributed by atoms with Crippen molar-refractivity contribution in [3.8, 4) is 5.75 Å². The predicted octanol–water partition coefficient (Wildman–Crippen LogP) is 3.01. The molecule has 1 aromatic rings. The van der Waals surface area contributed by atoms with Gasteiger partial charge in [-0.25, -0.2) is 0 Å². The van der Waals surface area contributed by atoms with Crippen LogP contribution < -0.4 is 5.73 Å². The number of anilines is 1. The minimum Gasteiger partial charge on any atom is -0.505 e. The van der Waals surface area contributed by atoms with E-state index < -0.39 is 0 Å². The second-order valence-electron chi connectivity index (χ2n) is 2.64. The standard InChI is InChI=1S/C8H9BrClNO/c1-3-5(9)8(12)7(11)4(2)6(3)10/h12H,11H2,1-2H3. The van der Waals surface area contributed by atoms with E-state index in [0.29, 0.717) is 15.2 Å². The van der Waals surface area contributed by atoms with Crippen molar-refractivity contribution >= 4 is 33.2 Å². The van der Waals surface area contributed by atoms with Crippen molar-refractivity contribution in [2.24, 2.45) is 0 Å². The summed E-state index contributed by atoms with van der Waals surface area (Å²) in [5.41, 5.74) is 7.44. The third kappa shape index (κ3) is 1.27. The molecule has 12 heavy (non-hydrogen) atoms. The number of nitrogens with two attached hydrogens (primary N) is 1. The first-order chi connectivity index (χ1) is 5.46. The summed E-state index contributed by atoms with van der Waals surface area (Å²) in [5, 5.41) is 10.1. The number of nitrogen functional groups attached to an aromatic ring is 1. The van der Waals surface area contributed by atoms with Crippen molar-refractivity contribution in [2.75, 3.05) is 5.73 Å². The number of aromatic hydroxyl groups is 1. The largest absolute Gasteiger partial charge is 0.505 e. The quantitative estimate of drug-likeness (QED) is 0.549. The fourth-order valence-electron chi connectivity index (χ4n) is 0.969. The lowest BCUT2D eigenvalue weighted by Crippen LogP contribution is -1.94. The van der Waals surface area contributed by atoms with Gasteiger partial charge in [0, 0.05) is 5.02 Å². The van der Waals surface area contributed by atoms with Crippen molar-refractivity contribution in [3.63, 3.8) is 0 Å². The summed E-state index contributed by atoms with van der Waals surface area (Å²) in [6.45, 7) is 3.59. The van der Waals surface area contributed by atoms with Crippen LogP contribution in [0.1, 0.15) is 11.1 Å². The second kappa shape index (κ2) is 3.15. The molecule has 0 bridgehead atoms. The molecule has 0 spiro atoms. The van der Waals surface area contributed by atoms with E-state index in [-0.39, 0.29) is 5.75 Å². The number of hydrogen-bond acceptors (Lipinski definition) is 2. The van der Waals surface area contributed by atoms with Gasteiger partial charge < -0.3 is 10.8 Å². The Bertz CT molecular complexity index is 233. The molecular weight excluding hydrogens is 241 g/mol. The SMILES string of the molecule is Cc1c(N)c(O)c(Br)c(C)c1Cl. The van der Waals surface area contributed by atoms with Crippen LogP contribution in [0.4, 0.5) is 5.69 Å². The Labute approximate surface area is 84.5 Å². The van der Waals surface area contributed by atoms with E-state index in [1.807, 2.05) is 6.92 Å². The summed E-state index contributed by atoms with van der Waals surface area (Å²) in [5.74, 6) is 0.0643. The van der Waals surface area contributed by atoms with E-state index in [1.54, 1.807) is 6.92 Å². The van der Waals surface area contributed by atoms with Crippen molar-refractivity contribution in [1.82, 2.24) is 0 Å². The van der Waals surface area contributed by atoms with Gasteiger partial charge in [-0.05, 0) is 40.9 Å². The molecule has 0 aliphatic rings. The van der Waals surface area contributed by atoms with E-state index in [2.05, 4.69) is 15.9 Å². The van der Waals surface area contributed by atoms with Crippen molar-refractivity contribution < 1.29 is 5.11 Å². The molecule has 0 amide bonds. The van der Waals surface area contributed by atoms with E-state index in [0.717, 1.165) is 11.1 Å². The maximum absolute atomic E-state index is 9.46. The highest BCUT2D eigenvalue weighted by molar-refractivity contribution is 9.10. The highest BCUT2D eigenvalue weighted by Gasteiger charge is 2.13. The number of phenols is 1. The first kappa shape index (κ1) is 9.68. The monoisotopic (exact) mass is 249 g/mol. The summed E-state index contributed by atoms with van der Waals surface area (Å²) < 4.78 is 0.565. The second-order valence-corrected chi connectivity index (χ2v) is 3.81. The number of halogens is 2. The van der Waals surface area contributed by atoms with Gasteiger partial charge in [0.25, 0.3) is 0 Å². The Hall–Kier alpha value is -0.410. The lowest BCUT2D eigenvalue weighted by molar-refractivity contribution is 0.473. The van der Waals surface area contributed by atoms with Crippen molar-refractivity contribution in [3.05, 3.63) is 20.6 Å². The molecule has 2 nitrogen and oxygen atoms in total. The van der Waals surface area contributed by atoms with Crippen LogP contribution in [-0.2, 0) is 0 Å². The fourth-order valence-corrected chi connectivity index (χ4v) is 1.69. The van der Waals surface area contributed by atoms with Crippen LogP contribution in [0.15, 0.2) is 4.47 Å². The molecule has 66 valence electrons. The minimum atomic E-state index is 0.0643. The molecule has 0 saturated heterocycles. The highest BCUT2D eigenvalue weighted by Crippen LogP contribution is 2.40. The maximum atomic E-state index is 9.46. The third-order valence-corrected chi connectivity index (χ3v) is 3.39. The Morgan fingerprint density at radius 3 is 2.33 bits per heavy atom. The van der Waals surface area contributed by atoms with E-state index in [1.165, 1.54) is 0 Å². The average molecular weight is 251 g/mol. The Kier molecular flexibility index (Phi) is 2.54. The molecular formula is C8H9BrClNO. The molecule has 1 rings (SSSR count). The van der Waals surface area contributed by atoms with Crippen LogP contribution >= 0.6 is 27.5 Å². The van der Waals surface area contributed by atoms with Gasteiger partial charge in [-0.15, -0.1) is 0 Å². The van der Waals surface area contributed by atoms with Crippen molar-refractivity contribution in [2.45, 2.75) is 13.8 Å². The van der Waals surface area contributed by atoms with E-state index >= 15 is 0 Å². The molecule has 0 atom stereocenters. The van der Waals surface area contributed by atoms with E-state index in [9.17, 15) is 5.11 Å². The zero-order valence-electron chi connectivity index (χ0n) is 6.78. The third-order valence-electron chi connectivity index (χ3n) is 1.85. The predicted molar refractivity (Wildman–Crippen MR) is 54.7 cm³/mol. The normalized spacial score (nSPS) is 10.3. The van der Waals surface area contributed by atoms with Gasteiger partial charge in [0.05, 0.1) is 10.2 Å². The summed E-state index contributed by atoms with van der Waals surface area (Å²) in [6.07, 6.45) is 0. The maximum Gasteiger partial charge on any atom is 0.153 e. The molecule has 0 aliphatic heterocycles. The minimum absolute atomic E-state index is 0.0643. The molecule has 4 heteroatoms. The molecule has 0 heterocycles. The van der Waals surface area contributed by atoms with Gasteiger partial charge in [-0.1, -0.05) is 11.6 Å². The van der Waals surface area contributed by atoms with Crippen LogP contribution in [0.25, 0.3) is 0 Å². The number of rotatable bonds is 0. The van der Waals surface area contributed by atoms with Gasteiger partial charge in [0.15, 0.2) is 5.75 Å². The topological polar surface area (TPSA) is 46.2 Å². The highest BCUT2D eigenvalue weighted by atomic mass is 79.9. The average Bonchev–Trinajstić information content (AvgIpc) is 2.08. The molecule has 0 fully saturated rings. The first-order valence-corrected chi connectivity index (χ1v) is 4.56. The Morgan fingerprint density at radius 1 is 1.33 bits per heavy atom. The van der Waals surface area contributed by atoms with Gasteiger partial charge in [-0.2, -0.15) is 0 Å². The van der Waals surface area contributed by atoms with Crippen LogP contribution in [0.3, 0.4) is 0 Å². The lowest BCUT2D eigenvalue weighted by Gasteiger charge is -2.10. The van der Waals surface area contributed by atoms with Gasteiger partial charge in [0.2, 0.25) is 0 Å². The molecule has 0 unspecified atom stereocenters. The smallest absolute Gasteiger partial charge is 0.153 e. The summed E-state index contributed by atoms with van der Waals surface area (Å²) in [6, 6.07) is 0. The number of phenolic OH excluding ortho intramolecular Hbond substituents is 1. The van der Waals surface area contributed by atoms with E-state index in [4.69, 9.17) is 17.3 Å². The molecule has 3 N–H and O–H groups in total. The van der Waals surface area contributed by atoms with Crippen LogP contribution in [0.2, 0.25) is 5.02 Å². The van der Waals surface area contributed by atoms with Crippen molar-refractivity contribution in [1.29, 1.82) is 0 Å². The number of hydrogen-bond donors (Lipinski definition) is 2. The van der Waals surface area contributed by atoms with Crippen LogP contribution in [0.5, 0.6) is 5.75 Å². The van der Waals surface area contributed by atoms with Gasteiger partial charge >= 0.3 is 0 Å². The first-order valence-electron chi connectivity index (χ1n) is 3.39. The molecule has 0 aromatic heterocycles. The van der Waals surface area contributed by atoms with Gasteiger partial charge in [0.1, 0.15) is 0 Å². The zero-order valence-corrected chi connectivity index (χ0v) is 9.12. The zero-order chi connectivity index (χ0) is 9.46. The fraction of sp³-hybridized carbons (Fsp3) is 0.250. The van der Waals surface area contributed by atoms with Gasteiger partial charge in [-0.3, -0.25) is 0 Å². The summed E-state index contributed by atoms with van der Waals surface area (Å²) >= 11 is 9.14. The Morgan fingerprint density at radius 2 is 1.83 bits per heavy atom. The Balaban J connectivity index is 3.60. The lowest BCUT2D eigenvalue weighted by atomic mass is 10.1.